The predicted molar refractivity (Wildman–Crippen MR) is 104 cm³/mol. The summed E-state index contributed by atoms with van der Waals surface area (Å²) in [5.74, 6) is 0. The van der Waals surface area contributed by atoms with E-state index in [9.17, 15) is 13.0 Å². The van der Waals surface area contributed by atoms with Crippen LogP contribution in [0.2, 0.25) is 0 Å². The quantitative estimate of drug-likeness (QED) is 0.382. The summed E-state index contributed by atoms with van der Waals surface area (Å²) in [6, 6.07) is 15.8. The van der Waals surface area contributed by atoms with Crippen LogP contribution >= 0.6 is 22.6 Å². The molecule has 0 amide bonds. The lowest BCUT2D eigenvalue weighted by molar-refractivity contribution is 0.253. The van der Waals surface area contributed by atoms with Crippen LogP contribution < -0.4 is 0 Å². The summed E-state index contributed by atoms with van der Waals surface area (Å²) in [6.07, 6.45) is 0. The second-order valence-electron chi connectivity index (χ2n) is 6.42. The molecule has 2 aromatic carbocycles. The molecule has 0 fully saturated rings. The lowest BCUT2D eigenvalue weighted by atomic mass is 9.87. The molecule has 24 heavy (non-hydrogen) atoms. The Bertz CT molecular complexity index is 747. The molecule has 0 aliphatic heterocycles. The summed E-state index contributed by atoms with van der Waals surface area (Å²) in [5.41, 5.74) is 3.34. The van der Waals surface area contributed by atoms with Gasteiger partial charge in [0, 0.05) is 3.57 Å². The fourth-order valence-electron chi connectivity index (χ4n) is 1.89. The highest BCUT2D eigenvalue weighted by Crippen LogP contribution is 2.22. The van der Waals surface area contributed by atoms with Crippen LogP contribution in [0.25, 0.3) is 0 Å². The van der Waals surface area contributed by atoms with Crippen LogP contribution in [-0.2, 0) is 26.6 Å². The van der Waals surface area contributed by atoms with E-state index < -0.39 is 10.4 Å². The third-order valence-electron chi connectivity index (χ3n) is 3.16. The molecule has 0 aromatic heterocycles. The topological polar surface area (TPSA) is 66.4 Å². The van der Waals surface area contributed by atoms with E-state index in [-0.39, 0.29) is 12.0 Å². The van der Waals surface area contributed by atoms with Gasteiger partial charge in [-0.2, -0.15) is 0 Å². The molecular weight excluding hydrogens is 439 g/mol. The predicted octanol–water partition coefficient (Wildman–Crippen LogP) is 4.56. The number of aryl methyl sites for hydroxylation is 1. The Morgan fingerprint density at radius 1 is 1.08 bits per heavy atom. The van der Waals surface area contributed by atoms with Gasteiger partial charge in [-0.25, -0.2) is 8.42 Å². The lowest BCUT2D eigenvalue weighted by Gasteiger charge is -2.18. The van der Waals surface area contributed by atoms with Gasteiger partial charge in [0.05, 0.1) is 6.61 Å². The number of halogens is 1. The maximum absolute atomic E-state index is 10.1. The molecule has 4 nitrogen and oxygen atoms in total. The maximum Gasteiger partial charge on any atom is 0.217 e. The SMILES string of the molecule is CC(C)(C)c1ccc(I)cc1.Cc1cccc(COS(=O)(=O)[O-])c1. The molecule has 0 atom stereocenters. The van der Waals surface area contributed by atoms with Crippen molar-refractivity contribution in [1.29, 1.82) is 0 Å². The monoisotopic (exact) mass is 461 g/mol. The molecule has 0 spiro atoms. The van der Waals surface area contributed by atoms with Gasteiger partial charge in [-0.15, -0.1) is 0 Å². The zero-order chi connectivity index (χ0) is 18.4. The molecule has 2 aromatic rings. The number of benzene rings is 2. The molecule has 0 radical (unpaired) electrons. The normalized spacial score (nSPS) is 11.6. The van der Waals surface area contributed by atoms with Gasteiger partial charge in [-0.1, -0.05) is 62.7 Å². The Labute approximate surface area is 158 Å². The molecule has 132 valence electrons. The average molecular weight is 461 g/mol. The molecule has 0 heterocycles. The molecule has 0 aliphatic rings. The fraction of sp³-hybridized carbons (Fsp3) is 0.333. The molecule has 0 saturated heterocycles. The average Bonchev–Trinajstić information content (AvgIpc) is 2.45. The first-order valence-corrected chi connectivity index (χ1v) is 9.80. The highest BCUT2D eigenvalue weighted by atomic mass is 127. The van der Waals surface area contributed by atoms with E-state index in [1.807, 2.05) is 13.0 Å². The molecule has 0 aliphatic carbocycles. The van der Waals surface area contributed by atoms with Crippen molar-refractivity contribution >= 4 is 33.0 Å². The molecule has 0 unspecified atom stereocenters. The standard InChI is InChI=1S/C10H13I.C8H10O4S/c1-10(2,3)8-4-6-9(11)7-5-8;1-7-3-2-4-8(5-7)6-12-13(9,10)11/h4-7H,1-3H3;2-5H,6H2,1H3,(H,9,10,11)/p-1. The van der Waals surface area contributed by atoms with Gasteiger partial charge in [0.1, 0.15) is 0 Å². The summed E-state index contributed by atoms with van der Waals surface area (Å²) in [4.78, 5) is 0. The van der Waals surface area contributed by atoms with Crippen LogP contribution in [0.3, 0.4) is 0 Å². The van der Waals surface area contributed by atoms with E-state index in [4.69, 9.17) is 0 Å². The van der Waals surface area contributed by atoms with E-state index >= 15 is 0 Å². The third-order valence-corrected chi connectivity index (χ3v) is 4.29. The molecule has 0 N–H and O–H groups in total. The van der Waals surface area contributed by atoms with E-state index in [1.165, 1.54) is 9.13 Å². The van der Waals surface area contributed by atoms with Crippen molar-refractivity contribution in [3.63, 3.8) is 0 Å². The third kappa shape index (κ3) is 8.77. The van der Waals surface area contributed by atoms with Crippen LogP contribution in [-0.4, -0.2) is 13.0 Å². The number of hydrogen-bond acceptors (Lipinski definition) is 4. The summed E-state index contributed by atoms with van der Waals surface area (Å²) >= 11 is 2.32. The Hall–Kier alpha value is -0.960. The van der Waals surface area contributed by atoms with Crippen LogP contribution in [0.5, 0.6) is 0 Å². The van der Waals surface area contributed by atoms with Crippen molar-refractivity contribution in [2.75, 3.05) is 0 Å². The van der Waals surface area contributed by atoms with Crippen molar-refractivity contribution in [1.82, 2.24) is 0 Å². The number of hydrogen-bond donors (Lipinski definition) is 0. The Morgan fingerprint density at radius 3 is 2.12 bits per heavy atom. The summed E-state index contributed by atoms with van der Waals surface area (Å²) in [5, 5.41) is 0. The van der Waals surface area contributed by atoms with Gasteiger partial charge in [0.2, 0.25) is 10.4 Å². The molecule has 6 heteroatoms. The Balaban J connectivity index is 0.000000243. The molecule has 0 bridgehead atoms. The smallest absolute Gasteiger partial charge is 0.217 e. The van der Waals surface area contributed by atoms with Crippen molar-refractivity contribution in [2.24, 2.45) is 0 Å². The fourth-order valence-corrected chi connectivity index (χ4v) is 2.53. The minimum Gasteiger partial charge on any atom is -0.726 e. The van der Waals surface area contributed by atoms with Gasteiger partial charge in [-0.05, 0) is 58.2 Å². The Kier molecular flexibility index (Phi) is 7.85. The highest BCUT2D eigenvalue weighted by Gasteiger charge is 2.12. The van der Waals surface area contributed by atoms with E-state index in [0.717, 1.165) is 5.56 Å². The molecular formula is C18H22IO4S-. The summed E-state index contributed by atoms with van der Waals surface area (Å²) in [7, 11) is -4.59. The van der Waals surface area contributed by atoms with Crippen molar-refractivity contribution in [3.8, 4) is 0 Å². The minimum atomic E-state index is -4.59. The van der Waals surface area contributed by atoms with Crippen LogP contribution in [0, 0.1) is 10.5 Å². The van der Waals surface area contributed by atoms with Gasteiger partial charge < -0.3 is 4.55 Å². The molecule has 0 saturated carbocycles. The van der Waals surface area contributed by atoms with Gasteiger partial charge >= 0.3 is 0 Å². The lowest BCUT2D eigenvalue weighted by Crippen LogP contribution is -2.10. The van der Waals surface area contributed by atoms with E-state index in [1.54, 1.807) is 18.2 Å². The summed E-state index contributed by atoms with van der Waals surface area (Å²) in [6.45, 7) is 8.36. The zero-order valence-corrected chi connectivity index (χ0v) is 17.2. The van der Waals surface area contributed by atoms with E-state index in [2.05, 4.69) is 71.8 Å². The zero-order valence-electron chi connectivity index (χ0n) is 14.2. The number of rotatable bonds is 3. The van der Waals surface area contributed by atoms with Crippen molar-refractivity contribution in [2.45, 2.75) is 39.7 Å². The van der Waals surface area contributed by atoms with Gasteiger partial charge in [-0.3, -0.25) is 4.18 Å². The highest BCUT2D eigenvalue weighted by molar-refractivity contribution is 14.1. The Morgan fingerprint density at radius 2 is 1.67 bits per heavy atom. The second-order valence-corrected chi connectivity index (χ2v) is 8.71. The van der Waals surface area contributed by atoms with Crippen LogP contribution in [0.1, 0.15) is 37.5 Å². The largest absolute Gasteiger partial charge is 0.726 e. The maximum atomic E-state index is 10.1. The minimum absolute atomic E-state index is 0.201. The first kappa shape index (κ1) is 21.1. The van der Waals surface area contributed by atoms with Crippen molar-refractivity contribution < 1.29 is 17.2 Å². The first-order chi connectivity index (χ1) is 11.0. The first-order valence-electron chi connectivity index (χ1n) is 7.39. The van der Waals surface area contributed by atoms with Crippen LogP contribution in [0.15, 0.2) is 48.5 Å². The van der Waals surface area contributed by atoms with Gasteiger partial charge in [0.15, 0.2) is 0 Å². The summed E-state index contributed by atoms with van der Waals surface area (Å²) < 4.78 is 35.7. The van der Waals surface area contributed by atoms with Gasteiger partial charge in [0.25, 0.3) is 0 Å². The van der Waals surface area contributed by atoms with Crippen molar-refractivity contribution in [3.05, 3.63) is 68.8 Å². The van der Waals surface area contributed by atoms with Crippen LogP contribution in [0.4, 0.5) is 0 Å². The van der Waals surface area contributed by atoms with E-state index in [0.29, 0.717) is 5.56 Å². The molecule has 2 rings (SSSR count). The second kappa shape index (κ2) is 8.94.